The first kappa shape index (κ1) is 19.8. The molecule has 1 aliphatic rings. The van der Waals surface area contributed by atoms with E-state index in [1.807, 2.05) is 43.8 Å². The Balaban J connectivity index is 1.59. The van der Waals surface area contributed by atoms with Gasteiger partial charge in [0.2, 0.25) is 0 Å². The molecule has 31 heavy (non-hydrogen) atoms. The van der Waals surface area contributed by atoms with Gasteiger partial charge in [0, 0.05) is 54.1 Å². The number of thiophene rings is 1. The molecular weight excluding hydrogens is 408 g/mol. The van der Waals surface area contributed by atoms with Crippen molar-refractivity contribution in [2.45, 2.75) is 33.2 Å². The van der Waals surface area contributed by atoms with Crippen molar-refractivity contribution in [1.82, 2.24) is 14.1 Å². The summed E-state index contributed by atoms with van der Waals surface area (Å²) in [7, 11) is 2.10. The highest BCUT2D eigenvalue weighted by Crippen LogP contribution is 2.35. The first-order valence-corrected chi connectivity index (χ1v) is 11.3. The van der Waals surface area contributed by atoms with Crippen molar-refractivity contribution in [1.29, 1.82) is 0 Å². The molecule has 1 unspecified atom stereocenters. The number of imidazole rings is 1. The van der Waals surface area contributed by atoms with Crippen molar-refractivity contribution in [3.05, 3.63) is 75.6 Å². The van der Waals surface area contributed by atoms with E-state index >= 15 is 0 Å². The maximum Gasteiger partial charge on any atom is 0.375 e. The van der Waals surface area contributed by atoms with Crippen molar-refractivity contribution in [3.63, 3.8) is 0 Å². The lowest BCUT2D eigenvalue weighted by Gasteiger charge is -2.25. The standard InChI is InChI=1S/C24H24N4O2S/c1-15-10-13-31-23(15)24(29)30-26-22-17(14-28-12-11-25-16(28)2)8-9-20-21(22)18-6-4-5-7-19(18)27(20)3/h4-7,10-13,17H,8-9,14H2,1-3H3. The van der Waals surface area contributed by atoms with Gasteiger partial charge >= 0.3 is 5.97 Å². The number of fused-ring (bicyclic) bond motifs is 3. The van der Waals surface area contributed by atoms with Gasteiger partial charge in [0.25, 0.3) is 0 Å². The minimum Gasteiger partial charge on any atom is -0.347 e. The second-order valence-electron chi connectivity index (χ2n) is 8.05. The molecule has 0 aliphatic heterocycles. The lowest BCUT2D eigenvalue weighted by Crippen LogP contribution is -2.28. The van der Waals surface area contributed by atoms with Crippen molar-refractivity contribution < 1.29 is 9.63 Å². The lowest BCUT2D eigenvalue weighted by molar-refractivity contribution is 0.0518. The maximum atomic E-state index is 12.7. The zero-order chi connectivity index (χ0) is 21.5. The Morgan fingerprint density at radius 3 is 2.87 bits per heavy atom. The van der Waals surface area contributed by atoms with Gasteiger partial charge in [0.15, 0.2) is 0 Å². The molecule has 3 heterocycles. The number of para-hydroxylation sites is 1. The number of nitrogens with zero attached hydrogens (tertiary/aromatic N) is 4. The molecule has 0 N–H and O–H groups in total. The Morgan fingerprint density at radius 1 is 1.29 bits per heavy atom. The molecule has 6 nitrogen and oxygen atoms in total. The zero-order valence-corrected chi connectivity index (χ0v) is 18.6. The molecule has 0 spiro atoms. The van der Waals surface area contributed by atoms with E-state index in [4.69, 9.17) is 4.84 Å². The quantitative estimate of drug-likeness (QED) is 0.341. The first-order valence-electron chi connectivity index (χ1n) is 10.4. The summed E-state index contributed by atoms with van der Waals surface area (Å²) in [4.78, 5) is 23.2. The van der Waals surface area contributed by atoms with Crippen LogP contribution in [0, 0.1) is 19.8 Å². The summed E-state index contributed by atoms with van der Waals surface area (Å²) < 4.78 is 4.38. The lowest BCUT2D eigenvalue weighted by atomic mass is 9.84. The van der Waals surface area contributed by atoms with Crippen molar-refractivity contribution in [2.24, 2.45) is 18.1 Å². The van der Waals surface area contributed by atoms with E-state index in [1.54, 1.807) is 0 Å². The van der Waals surface area contributed by atoms with Crippen LogP contribution in [0.5, 0.6) is 0 Å². The Morgan fingerprint density at radius 2 is 2.13 bits per heavy atom. The van der Waals surface area contributed by atoms with Gasteiger partial charge in [-0.25, -0.2) is 9.78 Å². The fourth-order valence-corrected chi connectivity index (χ4v) is 5.32. The minimum atomic E-state index is -0.398. The molecule has 0 saturated heterocycles. The van der Waals surface area contributed by atoms with Crippen LogP contribution >= 0.6 is 11.3 Å². The van der Waals surface area contributed by atoms with E-state index in [-0.39, 0.29) is 5.92 Å². The number of benzene rings is 1. The van der Waals surface area contributed by atoms with Crippen molar-refractivity contribution >= 4 is 33.9 Å². The number of oxime groups is 1. The zero-order valence-electron chi connectivity index (χ0n) is 17.8. The van der Waals surface area contributed by atoms with Gasteiger partial charge in [-0.05, 0) is 49.8 Å². The van der Waals surface area contributed by atoms with Crippen LogP contribution in [-0.4, -0.2) is 25.8 Å². The minimum absolute atomic E-state index is 0.128. The van der Waals surface area contributed by atoms with Crippen molar-refractivity contribution in [3.8, 4) is 0 Å². The molecule has 0 amide bonds. The third-order valence-corrected chi connectivity index (χ3v) is 7.21. The molecule has 0 fully saturated rings. The van der Waals surface area contributed by atoms with E-state index in [1.165, 1.54) is 22.5 Å². The fraction of sp³-hybridized carbons (Fsp3) is 0.292. The van der Waals surface area contributed by atoms with Gasteiger partial charge in [0.1, 0.15) is 10.7 Å². The maximum absolute atomic E-state index is 12.7. The summed E-state index contributed by atoms with van der Waals surface area (Å²) in [5, 5.41) is 7.55. The molecule has 4 aromatic rings. The van der Waals surface area contributed by atoms with Crippen LogP contribution in [0.15, 0.2) is 53.3 Å². The summed E-state index contributed by atoms with van der Waals surface area (Å²) in [6, 6.07) is 10.3. The van der Waals surface area contributed by atoms with Crippen LogP contribution in [0.25, 0.3) is 10.9 Å². The molecule has 1 aromatic carbocycles. The first-order chi connectivity index (χ1) is 15.0. The average Bonchev–Trinajstić information content (AvgIpc) is 3.46. The highest BCUT2D eigenvalue weighted by atomic mass is 32.1. The normalized spacial score (nSPS) is 17.3. The van der Waals surface area contributed by atoms with E-state index < -0.39 is 5.97 Å². The monoisotopic (exact) mass is 432 g/mol. The summed E-state index contributed by atoms with van der Waals surface area (Å²) in [6.45, 7) is 4.67. The Labute approximate surface area is 184 Å². The smallest absolute Gasteiger partial charge is 0.347 e. The number of carbonyl (C=O) groups excluding carboxylic acids is 1. The highest BCUT2D eigenvalue weighted by molar-refractivity contribution is 7.12. The number of aryl methyl sites for hydroxylation is 3. The van der Waals surface area contributed by atoms with Gasteiger partial charge in [-0.1, -0.05) is 23.4 Å². The molecule has 0 bridgehead atoms. The third kappa shape index (κ3) is 3.39. The van der Waals surface area contributed by atoms with Crippen LogP contribution in [-0.2, 0) is 24.9 Å². The molecule has 5 rings (SSSR count). The van der Waals surface area contributed by atoms with E-state index in [9.17, 15) is 4.79 Å². The Kier molecular flexibility index (Phi) is 4.98. The molecule has 1 aliphatic carbocycles. The van der Waals surface area contributed by atoms with E-state index in [0.717, 1.165) is 47.4 Å². The van der Waals surface area contributed by atoms with Crippen LogP contribution < -0.4 is 0 Å². The Hall–Kier alpha value is -3.19. The largest absolute Gasteiger partial charge is 0.375 e. The number of hydrogen-bond donors (Lipinski definition) is 0. The average molecular weight is 433 g/mol. The molecule has 0 radical (unpaired) electrons. The fourth-order valence-electron chi connectivity index (χ4n) is 4.52. The summed E-state index contributed by atoms with van der Waals surface area (Å²) >= 11 is 1.38. The predicted molar refractivity (Wildman–Crippen MR) is 123 cm³/mol. The molecule has 0 saturated carbocycles. The second kappa shape index (κ2) is 7.81. The van der Waals surface area contributed by atoms with Crippen LogP contribution in [0.1, 0.15) is 38.7 Å². The molecule has 158 valence electrons. The summed E-state index contributed by atoms with van der Waals surface area (Å²) in [5.41, 5.74) is 5.26. The summed E-state index contributed by atoms with van der Waals surface area (Å²) in [6.07, 6.45) is 5.70. The summed E-state index contributed by atoms with van der Waals surface area (Å²) in [5.74, 6) is 0.697. The number of aromatic nitrogens is 3. The topological polar surface area (TPSA) is 61.4 Å². The van der Waals surface area contributed by atoms with Crippen LogP contribution in [0.3, 0.4) is 0 Å². The molecule has 7 heteroatoms. The van der Waals surface area contributed by atoms with E-state index in [0.29, 0.717) is 4.88 Å². The number of hydrogen-bond acceptors (Lipinski definition) is 5. The van der Waals surface area contributed by atoms with Crippen molar-refractivity contribution in [2.75, 3.05) is 0 Å². The van der Waals surface area contributed by atoms with E-state index in [2.05, 4.69) is 44.5 Å². The van der Waals surface area contributed by atoms with Gasteiger partial charge in [-0.15, -0.1) is 11.3 Å². The number of carbonyl (C=O) groups is 1. The van der Waals surface area contributed by atoms with Gasteiger partial charge in [-0.2, -0.15) is 0 Å². The van der Waals surface area contributed by atoms with Gasteiger partial charge in [0.05, 0.1) is 5.71 Å². The predicted octanol–water partition coefficient (Wildman–Crippen LogP) is 4.88. The van der Waals surface area contributed by atoms with Crippen LogP contribution in [0.2, 0.25) is 0 Å². The SMILES string of the molecule is Cc1ccsc1C(=O)ON=C1c2c(n(C)c3ccccc23)CCC1Cn1ccnc1C. The van der Waals surface area contributed by atoms with Gasteiger partial charge in [-0.3, -0.25) is 0 Å². The van der Waals surface area contributed by atoms with Gasteiger partial charge < -0.3 is 14.0 Å². The highest BCUT2D eigenvalue weighted by Gasteiger charge is 2.32. The molecule has 3 aromatic heterocycles. The third-order valence-electron chi connectivity index (χ3n) is 6.22. The van der Waals surface area contributed by atoms with Crippen LogP contribution in [0.4, 0.5) is 0 Å². The Bertz CT molecular complexity index is 1310. The molecular formula is C24H24N4O2S. The molecule has 1 atom stereocenters. The second-order valence-corrected chi connectivity index (χ2v) is 8.96. The number of rotatable bonds is 4.